The van der Waals surface area contributed by atoms with E-state index in [4.69, 9.17) is 9.47 Å². The summed E-state index contributed by atoms with van der Waals surface area (Å²) in [4.78, 5) is 27.9. The summed E-state index contributed by atoms with van der Waals surface area (Å²) < 4.78 is 10.7. The standard InChI is InChI=1S/C20H19NO4/c1-3-24-15-10-8-14(9-11-15)19(22)13(2)25-20(23)17-12-21-18-7-5-4-6-16(17)18/h4-13,21H,3H2,1-2H3/t13-/m0/s1. The van der Waals surface area contributed by atoms with Gasteiger partial charge in [-0.3, -0.25) is 4.79 Å². The molecule has 0 amide bonds. The molecule has 25 heavy (non-hydrogen) atoms. The monoisotopic (exact) mass is 337 g/mol. The van der Waals surface area contributed by atoms with Crippen molar-refractivity contribution in [3.8, 4) is 5.75 Å². The number of aromatic amines is 1. The molecule has 0 bridgehead atoms. The van der Waals surface area contributed by atoms with E-state index in [2.05, 4.69) is 4.98 Å². The molecule has 0 saturated heterocycles. The van der Waals surface area contributed by atoms with Crippen LogP contribution in [0.5, 0.6) is 5.75 Å². The summed E-state index contributed by atoms with van der Waals surface area (Å²) in [5.74, 6) is -0.0806. The van der Waals surface area contributed by atoms with Crippen molar-refractivity contribution in [1.29, 1.82) is 0 Å². The molecule has 1 atom stereocenters. The number of nitrogens with one attached hydrogen (secondary N) is 1. The summed E-state index contributed by atoms with van der Waals surface area (Å²) in [5, 5.41) is 0.771. The van der Waals surface area contributed by atoms with Crippen molar-refractivity contribution in [1.82, 2.24) is 4.98 Å². The van der Waals surface area contributed by atoms with Gasteiger partial charge in [0.05, 0.1) is 12.2 Å². The van der Waals surface area contributed by atoms with Crippen LogP contribution >= 0.6 is 0 Å². The van der Waals surface area contributed by atoms with Gasteiger partial charge >= 0.3 is 5.97 Å². The van der Waals surface area contributed by atoms with E-state index < -0.39 is 12.1 Å². The Morgan fingerprint density at radius 1 is 1.08 bits per heavy atom. The topological polar surface area (TPSA) is 68.4 Å². The highest BCUT2D eigenvalue weighted by atomic mass is 16.5. The molecule has 3 aromatic rings. The summed E-state index contributed by atoms with van der Waals surface area (Å²) in [6.07, 6.45) is 0.722. The number of hydrogen-bond acceptors (Lipinski definition) is 4. The van der Waals surface area contributed by atoms with Gasteiger partial charge in [-0.2, -0.15) is 0 Å². The van der Waals surface area contributed by atoms with Crippen LogP contribution in [-0.2, 0) is 4.74 Å². The molecule has 1 heterocycles. The minimum Gasteiger partial charge on any atom is -0.494 e. The summed E-state index contributed by atoms with van der Waals surface area (Å²) in [6.45, 7) is 4.03. The zero-order valence-corrected chi connectivity index (χ0v) is 14.1. The maximum absolute atomic E-state index is 12.5. The number of esters is 1. The lowest BCUT2D eigenvalue weighted by atomic mass is 10.1. The van der Waals surface area contributed by atoms with E-state index in [1.54, 1.807) is 37.4 Å². The number of hydrogen-bond donors (Lipinski definition) is 1. The van der Waals surface area contributed by atoms with Crippen LogP contribution in [0.25, 0.3) is 10.9 Å². The summed E-state index contributed by atoms with van der Waals surface area (Å²) >= 11 is 0. The van der Waals surface area contributed by atoms with Crippen LogP contribution in [0.15, 0.2) is 54.7 Å². The molecule has 1 aromatic heterocycles. The van der Waals surface area contributed by atoms with E-state index in [1.165, 1.54) is 0 Å². The van der Waals surface area contributed by atoms with Crippen LogP contribution in [0.1, 0.15) is 34.6 Å². The molecule has 0 aliphatic rings. The van der Waals surface area contributed by atoms with Crippen molar-refractivity contribution in [2.24, 2.45) is 0 Å². The number of rotatable bonds is 6. The quantitative estimate of drug-likeness (QED) is 0.545. The molecule has 0 aliphatic heterocycles. The average Bonchev–Trinajstić information content (AvgIpc) is 3.06. The van der Waals surface area contributed by atoms with Crippen LogP contribution in [0.3, 0.4) is 0 Å². The van der Waals surface area contributed by atoms with Crippen LogP contribution in [-0.4, -0.2) is 29.4 Å². The van der Waals surface area contributed by atoms with Gasteiger partial charge in [-0.15, -0.1) is 0 Å². The maximum atomic E-state index is 12.5. The van der Waals surface area contributed by atoms with Crippen LogP contribution < -0.4 is 4.74 Å². The van der Waals surface area contributed by atoms with E-state index in [1.807, 2.05) is 31.2 Å². The zero-order chi connectivity index (χ0) is 17.8. The first-order valence-corrected chi connectivity index (χ1v) is 8.14. The molecule has 1 N–H and O–H groups in total. The SMILES string of the molecule is CCOc1ccc(C(=O)[C@H](C)OC(=O)c2c[nH]c3ccccc23)cc1. The third kappa shape index (κ3) is 3.55. The minimum atomic E-state index is -0.876. The van der Waals surface area contributed by atoms with Crippen LogP contribution in [0, 0.1) is 0 Å². The van der Waals surface area contributed by atoms with Crippen molar-refractivity contribution in [2.75, 3.05) is 6.61 Å². The average molecular weight is 337 g/mol. The molecule has 5 nitrogen and oxygen atoms in total. The first-order valence-electron chi connectivity index (χ1n) is 8.14. The maximum Gasteiger partial charge on any atom is 0.341 e. The fourth-order valence-corrected chi connectivity index (χ4v) is 2.63. The van der Waals surface area contributed by atoms with Gasteiger partial charge in [-0.05, 0) is 44.2 Å². The predicted molar refractivity (Wildman–Crippen MR) is 95.1 cm³/mol. The van der Waals surface area contributed by atoms with E-state index in [0.717, 1.165) is 10.9 Å². The molecule has 0 radical (unpaired) electrons. The molecule has 0 saturated carbocycles. The number of ether oxygens (including phenoxy) is 2. The van der Waals surface area contributed by atoms with E-state index in [-0.39, 0.29) is 5.78 Å². The summed E-state index contributed by atoms with van der Waals surface area (Å²) in [6, 6.07) is 14.2. The minimum absolute atomic E-state index is 0.253. The Morgan fingerprint density at radius 2 is 1.80 bits per heavy atom. The van der Waals surface area contributed by atoms with Crippen molar-refractivity contribution >= 4 is 22.7 Å². The molecule has 3 rings (SSSR count). The molecule has 0 fully saturated rings. The van der Waals surface area contributed by atoms with E-state index in [0.29, 0.717) is 23.5 Å². The Bertz CT molecular complexity index is 895. The van der Waals surface area contributed by atoms with Crippen LogP contribution in [0.4, 0.5) is 0 Å². The molecular weight excluding hydrogens is 318 g/mol. The van der Waals surface area contributed by atoms with Crippen molar-refractivity contribution < 1.29 is 19.1 Å². The normalized spacial score (nSPS) is 11.9. The van der Waals surface area contributed by atoms with Crippen molar-refractivity contribution in [3.05, 3.63) is 65.9 Å². The predicted octanol–water partition coefficient (Wildman–Crippen LogP) is 3.99. The second-order valence-electron chi connectivity index (χ2n) is 5.62. The molecule has 5 heteroatoms. The van der Waals surface area contributed by atoms with Gasteiger partial charge in [0, 0.05) is 22.7 Å². The van der Waals surface area contributed by atoms with E-state index >= 15 is 0 Å². The number of Topliss-reactive ketones (excluding diaryl/α,β-unsaturated/α-hetero) is 1. The van der Waals surface area contributed by atoms with Crippen molar-refractivity contribution in [3.63, 3.8) is 0 Å². The highest BCUT2D eigenvalue weighted by Gasteiger charge is 2.22. The molecule has 2 aromatic carbocycles. The van der Waals surface area contributed by atoms with Gasteiger partial charge in [0.25, 0.3) is 0 Å². The first kappa shape index (κ1) is 16.8. The lowest BCUT2D eigenvalue weighted by Gasteiger charge is -2.12. The number of carbonyl (C=O) groups excluding carboxylic acids is 2. The Balaban J connectivity index is 1.71. The fraction of sp³-hybridized carbons (Fsp3) is 0.200. The third-order valence-electron chi connectivity index (χ3n) is 3.91. The Kier molecular flexibility index (Phi) is 4.84. The highest BCUT2D eigenvalue weighted by Crippen LogP contribution is 2.20. The first-order chi connectivity index (χ1) is 12.1. The summed E-state index contributed by atoms with van der Waals surface area (Å²) in [5.41, 5.74) is 1.74. The lowest BCUT2D eigenvalue weighted by Crippen LogP contribution is -2.24. The number of aromatic nitrogens is 1. The molecule has 0 aliphatic carbocycles. The number of para-hydroxylation sites is 1. The second kappa shape index (κ2) is 7.21. The van der Waals surface area contributed by atoms with E-state index in [9.17, 15) is 9.59 Å². The number of fused-ring (bicyclic) bond motifs is 1. The van der Waals surface area contributed by atoms with Gasteiger partial charge in [0.15, 0.2) is 6.10 Å². The Hall–Kier alpha value is -3.08. The van der Waals surface area contributed by atoms with Gasteiger partial charge in [-0.1, -0.05) is 18.2 Å². The Labute approximate surface area is 145 Å². The van der Waals surface area contributed by atoms with Gasteiger partial charge in [-0.25, -0.2) is 4.79 Å². The molecule has 0 unspecified atom stereocenters. The zero-order valence-electron chi connectivity index (χ0n) is 14.1. The molecule has 0 spiro atoms. The third-order valence-corrected chi connectivity index (χ3v) is 3.91. The van der Waals surface area contributed by atoms with Gasteiger partial charge in [0.1, 0.15) is 5.75 Å². The fourth-order valence-electron chi connectivity index (χ4n) is 2.63. The number of carbonyl (C=O) groups is 2. The Morgan fingerprint density at radius 3 is 2.52 bits per heavy atom. The number of H-pyrrole nitrogens is 1. The van der Waals surface area contributed by atoms with Crippen LogP contribution in [0.2, 0.25) is 0 Å². The number of ketones is 1. The largest absolute Gasteiger partial charge is 0.494 e. The second-order valence-corrected chi connectivity index (χ2v) is 5.62. The highest BCUT2D eigenvalue weighted by molar-refractivity contribution is 6.06. The van der Waals surface area contributed by atoms with Crippen molar-refractivity contribution in [2.45, 2.75) is 20.0 Å². The number of benzene rings is 2. The van der Waals surface area contributed by atoms with Gasteiger partial charge < -0.3 is 14.5 Å². The lowest BCUT2D eigenvalue weighted by molar-refractivity contribution is 0.0320. The summed E-state index contributed by atoms with van der Waals surface area (Å²) in [7, 11) is 0. The molecule has 128 valence electrons. The smallest absolute Gasteiger partial charge is 0.341 e. The molecular formula is C20H19NO4. The van der Waals surface area contributed by atoms with Gasteiger partial charge in [0.2, 0.25) is 5.78 Å².